The van der Waals surface area contributed by atoms with Crippen LogP contribution in [-0.2, 0) is 9.59 Å². The van der Waals surface area contributed by atoms with Crippen LogP contribution in [0.5, 0.6) is 0 Å². The highest BCUT2D eigenvalue weighted by Crippen LogP contribution is 2.14. The lowest BCUT2D eigenvalue weighted by molar-refractivity contribution is -0.140. The van der Waals surface area contributed by atoms with Gasteiger partial charge in [0.25, 0.3) is 7.41 Å². The molecule has 1 saturated heterocycles. The molecule has 0 spiro atoms. The first kappa shape index (κ1) is 9.60. The minimum Gasteiger partial charge on any atom is -0.480 e. The van der Waals surface area contributed by atoms with E-state index in [2.05, 4.69) is 0 Å². The number of thioether (sulfide) groups is 1. The molecule has 0 aromatic rings. The Kier molecular flexibility index (Phi) is 3.62. The van der Waals surface area contributed by atoms with Gasteiger partial charge < -0.3 is 14.7 Å². The van der Waals surface area contributed by atoms with Gasteiger partial charge in [-0.05, 0) is 6.54 Å². The second-order valence-electron chi connectivity index (χ2n) is 2.59. The number of carboxylic acids is 1. The average molecular weight is 187 g/mol. The summed E-state index contributed by atoms with van der Waals surface area (Å²) in [6.45, 7) is 0.695. The van der Waals surface area contributed by atoms with Crippen molar-refractivity contribution in [2.45, 2.75) is 6.04 Å². The number of hydrogen-bond donors (Lipinski definition) is 1. The zero-order valence-electron chi connectivity index (χ0n) is 6.60. The van der Waals surface area contributed by atoms with Gasteiger partial charge in [-0.1, -0.05) is 0 Å². The summed E-state index contributed by atoms with van der Waals surface area (Å²) in [5, 5.41) is 8.76. The number of carbonyl (C=O) groups excluding carboxylic acids is 1. The molecule has 4 nitrogen and oxygen atoms in total. The second kappa shape index (κ2) is 4.52. The van der Waals surface area contributed by atoms with E-state index in [4.69, 9.17) is 5.11 Å². The van der Waals surface area contributed by atoms with Gasteiger partial charge in [0.15, 0.2) is 0 Å². The molecule has 66 valence electrons. The van der Waals surface area contributed by atoms with E-state index in [0.29, 0.717) is 12.3 Å². The van der Waals surface area contributed by atoms with Crippen LogP contribution >= 0.6 is 11.8 Å². The summed E-state index contributed by atoms with van der Waals surface area (Å²) >= 11 is 1.62. The lowest BCUT2D eigenvalue weighted by atomic mass is 9.92. The number of aliphatic carboxylic acids is 1. The summed E-state index contributed by atoms with van der Waals surface area (Å²) in [7, 11) is 0.234. The Morgan fingerprint density at radius 3 is 3.08 bits per heavy atom. The van der Waals surface area contributed by atoms with Gasteiger partial charge in [-0.25, -0.2) is 0 Å². The SMILES string of the molecule is O=CBN1CCSC[C@H]1C(=O)O. The molecule has 1 aliphatic rings. The Morgan fingerprint density at radius 1 is 1.75 bits per heavy atom. The van der Waals surface area contributed by atoms with E-state index in [0.717, 1.165) is 11.9 Å². The lowest BCUT2D eigenvalue weighted by Crippen LogP contribution is -2.49. The molecule has 0 unspecified atom stereocenters. The third-order valence-corrected chi connectivity index (χ3v) is 2.86. The van der Waals surface area contributed by atoms with Gasteiger partial charge in [-0.2, -0.15) is 11.8 Å². The summed E-state index contributed by atoms with van der Waals surface area (Å²) in [5.41, 5.74) is 0. The largest absolute Gasteiger partial charge is 0.480 e. The van der Waals surface area contributed by atoms with Crippen LogP contribution in [0.15, 0.2) is 0 Å². The summed E-state index contributed by atoms with van der Waals surface area (Å²) in [6, 6.07) is -0.478. The van der Waals surface area contributed by atoms with Gasteiger partial charge in [-0.3, -0.25) is 4.79 Å². The van der Waals surface area contributed by atoms with Gasteiger partial charge in [0.05, 0.1) is 6.19 Å². The van der Waals surface area contributed by atoms with Crippen LogP contribution in [0.2, 0.25) is 0 Å². The Hall–Kier alpha value is -0.485. The van der Waals surface area contributed by atoms with Crippen LogP contribution < -0.4 is 0 Å². The average Bonchev–Trinajstić information content (AvgIpc) is 2.05. The van der Waals surface area contributed by atoms with E-state index in [1.54, 1.807) is 16.6 Å². The Bertz CT molecular complexity index is 190. The normalized spacial score (nSPS) is 24.8. The predicted molar refractivity (Wildman–Crippen MR) is 49.4 cm³/mol. The van der Waals surface area contributed by atoms with Crippen LogP contribution in [-0.4, -0.2) is 53.6 Å². The Labute approximate surface area is 75.6 Å². The van der Waals surface area contributed by atoms with E-state index < -0.39 is 12.0 Å². The summed E-state index contributed by atoms with van der Waals surface area (Å²) in [6.07, 6.45) is 0.756. The van der Waals surface area contributed by atoms with Crippen molar-refractivity contribution in [1.82, 2.24) is 4.81 Å². The van der Waals surface area contributed by atoms with Crippen molar-refractivity contribution in [3.63, 3.8) is 0 Å². The van der Waals surface area contributed by atoms with Gasteiger partial charge >= 0.3 is 5.97 Å². The zero-order chi connectivity index (χ0) is 8.97. The van der Waals surface area contributed by atoms with Gasteiger partial charge in [-0.15, -0.1) is 0 Å². The first-order chi connectivity index (χ1) is 5.75. The molecule has 0 bridgehead atoms. The van der Waals surface area contributed by atoms with Gasteiger partial charge in [0, 0.05) is 11.5 Å². The standard InChI is InChI=1S/C6H10BNO3S/c9-4-7-8-1-2-12-3-5(8)6(10)11/h4-5,7H,1-3H2,(H,10,11)/t5-/m0/s1. The number of carbonyl (C=O) groups is 2. The molecule has 0 radical (unpaired) electrons. The molecule has 12 heavy (non-hydrogen) atoms. The van der Waals surface area contributed by atoms with E-state index in [1.807, 2.05) is 0 Å². The van der Waals surface area contributed by atoms with E-state index in [-0.39, 0.29) is 7.41 Å². The van der Waals surface area contributed by atoms with Crippen molar-refractivity contribution in [3.8, 4) is 0 Å². The van der Waals surface area contributed by atoms with E-state index >= 15 is 0 Å². The maximum atomic E-state index is 10.7. The number of rotatable bonds is 3. The Morgan fingerprint density at radius 2 is 2.50 bits per heavy atom. The van der Waals surface area contributed by atoms with Crippen LogP contribution in [0.1, 0.15) is 0 Å². The van der Waals surface area contributed by atoms with Crippen molar-refractivity contribution >= 4 is 31.3 Å². The fourth-order valence-electron chi connectivity index (χ4n) is 1.18. The number of nitrogens with zero attached hydrogens (tertiary/aromatic N) is 1. The fourth-order valence-corrected chi connectivity index (χ4v) is 2.29. The molecule has 1 fully saturated rings. The van der Waals surface area contributed by atoms with E-state index in [1.165, 1.54) is 0 Å². The molecule has 0 aromatic carbocycles. The van der Waals surface area contributed by atoms with E-state index in [9.17, 15) is 9.59 Å². The minimum atomic E-state index is -0.830. The van der Waals surface area contributed by atoms with Crippen molar-refractivity contribution < 1.29 is 14.7 Å². The summed E-state index contributed by atoms with van der Waals surface area (Å²) < 4.78 is 0. The smallest absolute Gasteiger partial charge is 0.320 e. The van der Waals surface area contributed by atoms with Crippen LogP contribution in [0.3, 0.4) is 0 Å². The molecular formula is C6H10BNO3S. The molecule has 1 atom stereocenters. The number of carboxylic acid groups (broad SMARTS) is 1. The minimum absolute atomic E-state index is 0.234. The van der Waals surface area contributed by atoms with Crippen molar-refractivity contribution in [3.05, 3.63) is 0 Å². The first-order valence-electron chi connectivity index (χ1n) is 3.74. The predicted octanol–water partition coefficient (Wildman–Crippen LogP) is -0.970. The molecule has 0 aliphatic carbocycles. The highest BCUT2D eigenvalue weighted by Gasteiger charge is 2.28. The third kappa shape index (κ3) is 2.25. The van der Waals surface area contributed by atoms with Gasteiger partial charge in [0.1, 0.15) is 6.04 Å². The number of hydrogen-bond acceptors (Lipinski definition) is 4. The first-order valence-corrected chi connectivity index (χ1v) is 4.89. The van der Waals surface area contributed by atoms with Gasteiger partial charge in [0.2, 0.25) is 0 Å². The summed E-state index contributed by atoms with van der Waals surface area (Å²) in [5.74, 6) is 0.671. The maximum absolute atomic E-state index is 10.7. The third-order valence-electron chi connectivity index (χ3n) is 1.83. The zero-order valence-corrected chi connectivity index (χ0v) is 7.42. The molecule has 0 saturated carbocycles. The molecule has 1 heterocycles. The quantitative estimate of drug-likeness (QED) is 0.455. The molecule has 1 aliphatic heterocycles. The molecular weight excluding hydrogens is 177 g/mol. The maximum Gasteiger partial charge on any atom is 0.320 e. The molecule has 6 heteroatoms. The Balaban J connectivity index is 2.53. The van der Waals surface area contributed by atoms with Crippen molar-refractivity contribution in [2.75, 3.05) is 18.1 Å². The molecule has 1 rings (SSSR count). The van der Waals surface area contributed by atoms with Crippen molar-refractivity contribution in [2.24, 2.45) is 0 Å². The molecule has 0 amide bonds. The second-order valence-corrected chi connectivity index (χ2v) is 3.74. The topological polar surface area (TPSA) is 57.6 Å². The molecule has 1 N–H and O–H groups in total. The summed E-state index contributed by atoms with van der Waals surface area (Å²) in [4.78, 5) is 22.6. The van der Waals surface area contributed by atoms with Crippen LogP contribution in [0, 0.1) is 0 Å². The van der Waals surface area contributed by atoms with Crippen molar-refractivity contribution in [1.29, 1.82) is 0 Å². The fraction of sp³-hybridized carbons (Fsp3) is 0.667. The highest BCUT2D eigenvalue weighted by molar-refractivity contribution is 7.99. The molecule has 0 aromatic heterocycles. The monoisotopic (exact) mass is 187 g/mol. The van der Waals surface area contributed by atoms with Crippen LogP contribution in [0.4, 0.5) is 0 Å². The highest BCUT2D eigenvalue weighted by atomic mass is 32.2. The lowest BCUT2D eigenvalue weighted by Gasteiger charge is -2.30. The van der Waals surface area contributed by atoms with Crippen LogP contribution in [0.25, 0.3) is 0 Å².